The number of hydrogen-bond donors (Lipinski definition) is 12. The van der Waals surface area contributed by atoms with Crippen LogP contribution in [-0.2, 0) is 76.4 Å². The second kappa shape index (κ2) is 56.3. The van der Waals surface area contributed by atoms with E-state index in [9.17, 15) is 58.2 Å². The van der Waals surface area contributed by atoms with Crippen molar-refractivity contribution in [1.29, 1.82) is 0 Å². The Morgan fingerprint density at radius 3 is 1.03 bits per heavy atom. The lowest BCUT2D eigenvalue weighted by Gasteiger charge is -2.23. The van der Waals surface area contributed by atoms with Gasteiger partial charge in [-0.3, -0.25) is 47.9 Å². The zero-order valence-corrected chi connectivity index (χ0v) is 62.7. The molecule has 30 nitrogen and oxygen atoms in total. The molecule has 0 saturated carbocycles. The Labute approximate surface area is 638 Å². The molecule has 0 bridgehead atoms. The Morgan fingerprint density at radius 1 is 0.349 bits per heavy atom. The molecule has 2 heterocycles. The number of aliphatic carboxylic acids is 2. The van der Waals surface area contributed by atoms with Crippen molar-refractivity contribution in [3.8, 4) is 0 Å². The fourth-order valence-electron chi connectivity index (χ4n) is 10.1. The van der Waals surface area contributed by atoms with Crippen LogP contribution < -0.4 is 53.2 Å². The molecule has 2 aromatic heterocycles. The van der Waals surface area contributed by atoms with E-state index in [-0.39, 0.29) is 199 Å². The molecule has 0 aliphatic rings. The summed E-state index contributed by atoms with van der Waals surface area (Å²) in [6.07, 6.45) is 7.70. The number of halogens is 4. The van der Waals surface area contributed by atoms with Crippen LogP contribution in [0.2, 0.25) is 20.1 Å². The predicted molar refractivity (Wildman–Crippen MR) is 399 cm³/mol. The summed E-state index contributed by atoms with van der Waals surface area (Å²) in [6.45, 7) is 5.22. The minimum atomic E-state index is -1.16. The zero-order valence-electron chi connectivity index (χ0n) is 59.7. The summed E-state index contributed by atoms with van der Waals surface area (Å²) in [6, 6.07) is 16.2. The standard InChI is InChI=1S/C72H102Cl4N12O18/c73-53-43-51(44-54(74)47-53)59(49-69(95)96)87-71(99)57(85-67(93)17-5-11-25-79-61-15-3-9-23-77-61)13-1-7-27-81-65(91)21-31-101-35-39-105-41-37-103-33-29-83-63(89)19-20-64(90)84-30-34-104-38-42-106-40-36-102-32-22-66(92)82-28-8-2-14-58(86-68(94)18-6-12-26-80-62-16-4-10-24-78-62)72(100)88-60(50-70(97)98)52-45-55(75)48-56(76)46-52/h3-4,9-10,15-16,23-24,43-48,57-60H,1-2,5-8,11-14,17-22,25-42,49-50H2,(H,77,79)(H,78,80)(H,81,91)(H,82,92)(H,83,89)(H,84,90)(H,85,93)(H,86,94)(H,87,99)(H,88,100)(H,95,96)(H,97,98)/t57-,58-,59?,60?/m0/s1. The van der Waals surface area contributed by atoms with Crippen molar-refractivity contribution >= 4 is 117 Å². The van der Waals surface area contributed by atoms with E-state index in [1.165, 1.54) is 36.4 Å². The third-order valence-electron chi connectivity index (χ3n) is 15.5. The summed E-state index contributed by atoms with van der Waals surface area (Å²) in [5, 5.41) is 48.9. The normalized spacial score (nSPS) is 12.2. The SMILES string of the molecule is O=C(O)CC(NC(=O)[C@H](CCCCNC(=O)CCOCCOCCOCCNC(=O)CCC(=O)NCCOCCOCCOCCC(=O)NCCCC[C@H](NC(=O)CCCCNc1ccccn1)C(=O)NC(CC(=O)O)c1cc(Cl)cc(Cl)c1)NC(=O)CCCCNc1ccccn1)c1cc(Cl)cc(Cl)c1. The number of pyridine rings is 2. The molecule has 0 aliphatic heterocycles. The first kappa shape index (κ1) is 90.4. The third-order valence-corrected chi connectivity index (χ3v) is 16.4. The van der Waals surface area contributed by atoms with Crippen LogP contribution in [0.4, 0.5) is 11.6 Å². The summed E-state index contributed by atoms with van der Waals surface area (Å²) in [4.78, 5) is 135. The number of amides is 8. The molecule has 2 aromatic carbocycles. The third kappa shape index (κ3) is 44.8. The van der Waals surface area contributed by atoms with E-state index in [0.29, 0.717) is 88.7 Å². The van der Waals surface area contributed by atoms with Gasteiger partial charge in [-0.05, 0) is 136 Å². The second-order valence-electron chi connectivity index (χ2n) is 24.2. The number of carboxylic acid groups (broad SMARTS) is 2. The van der Waals surface area contributed by atoms with Crippen molar-refractivity contribution in [2.24, 2.45) is 0 Å². The molecule has 0 saturated heterocycles. The number of rotatable bonds is 61. The van der Waals surface area contributed by atoms with Crippen LogP contribution in [0.5, 0.6) is 0 Å². The first-order valence-electron chi connectivity index (χ1n) is 35.6. The molecule has 2 unspecified atom stereocenters. The number of aromatic nitrogens is 2. The molecule has 0 spiro atoms. The molecule has 4 rings (SSSR count). The van der Waals surface area contributed by atoms with Gasteiger partial charge in [0.1, 0.15) is 23.7 Å². The summed E-state index contributed by atoms with van der Waals surface area (Å²) >= 11 is 24.7. The van der Waals surface area contributed by atoms with Crippen LogP contribution in [0.15, 0.2) is 85.2 Å². The van der Waals surface area contributed by atoms with Gasteiger partial charge in [0.2, 0.25) is 47.3 Å². The van der Waals surface area contributed by atoms with Gasteiger partial charge in [-0.15, -0.1) is 0 Å². The number of nitrogens with zero attached hydrogens (tertiary/aromatic N) is 2. The Morgan fingerprint density at radius 2 is 0.679 bits per heavy atom. The Balaban J connectivity index is 0.936. The molecular weight excluding hydrogens is 1460 g/mol. The highest BCUT2D eigenvalue weighted by Gasteiger charge is 2.28. The average Bonchev–Trinajstić information content (AvgIpc) is 0.849. The van der Waals surface area contributed by atoms with Crippen molar-refractivity contribution in [2.75, 3.05) is 129 Å². The number of hydrogen-bond acceptors (Lipinski definition) is 20. The number of benzene rings is 2. The Bertz CT molecular complexity index is 3020. The van der Waals surface area contributed by atoms with Gasteiger partial charge in [0.25, 0.3) is 0 Å². The molecule has 4 atom stereocenters. The van der Waals surface area contributed by atoms with Crippen LogP contribution in [-0.4, -0.2) is 210 Å². The largest absolute Gasteiger partial charge is 0.481 e. The molecule has 0 radical (unpaired) electrons. The van der Waals surface area contributed by atoms with E-state index < -0.39 is 60.8 Å². The van der Waals surface area contributed by atoms with E-state index in [2.05, 4.69) is 63.1 Å². The molecule has 12 N–H and O–H groups in total. The van der Waals surface area contributed by atoms with Crippen molar-refractivity contribution in [3.63, 3.8) is 0 Å². The fourth-order valence-corrected chi connectivity index (χ4v) is 11.2. The molecule has 8 amide bonds. The number of nitrogens with one attached hydrogen (secondary N) is 10. The number of ether oxygens (including phenoxy) is 6. The maximum Gasteiger partial charge on any atom is 0.305 e. The van der Waals surface area contributed by atoms with E-state index >= 15 is 0 Å². The fraction of sp³-hybridized carbons (Fsp3) is 0.556. The Hall–Kier alpha value is -8.04. The van der Waals surface area contributed by atoms with Crippen LogP contribution in [0.1, 0.15) is 139 Å². The van der Waals surface area contributed by atoms with Gasteiger partial charge >= 0.3 is 11.9 Å². The minimum absolute atomic E-state index is 0.00599. The topological polar surface area (TPSA) is 413 Å². The number of unbranched alkanes of at least 4 members (excludes halogenated alkanes) is 4. The highest BCUT2D eigenvalue weighted by molar-refractivity contribution is 6.35. The lowest BCUT2D eigenvalue weighted by Crippen LogP contribution is -2.48. The summed E-state index contributed by atoms with van der Waals surface area (Å²) in [7, 11) is 0. The number of anilines is 2. The quantitative estimate of drug-likeness (QED) is 0.0197. The highest BCUT2D eigenvalue weighted by Crippen LogP contribution is 2.28. The maximum atomic E-state index is 13.7. The molecule has 106 heavy (non-hydrogen) atoms. The van der Waals surface area contributed by atoms with Gasteiger partial charge in [-0.25, -0.2) is 9.97 Å². The lowest BCUT2D eigenvalue weighted by atomic mass is 10.0. The van der Waals surface area contributed by atoms with Crippen molar-refractivity contribution in [1.82, 2.24) is 52.5 Å². The lowest BCUT2D eigenvalue weighted by molar-refractivity contribution is -0.139. The van der Waals surface area contributed by atoms with Crippen molar-refractivity contribution < 1.29 is 86.6 Å². The predicted octanol–water partition coefficient (Wildman–Crippen LogP) is 7.05. The molecule has 0 aliphatic carbocycles. The summed E-state index contributed by atoms with van der Waals surface area (Å²) < 4.78 is 33.1. The van der Waals surface area contributed by atoms with Crippen LogP contribution in [0, 0.1) is 0 Å². The maximum absolute atomic E-state index is 13.7. The van der Waals surface area contributed by atoms with Gasteiger partial charge in [0.05, 0.1) is 104 Å². The zero-order chi connectivity index (χ0) is 76.8. The average molecular weight is 1570 g/mol. The molecule has 586 valence electrons. The van der Waals surface area contributed by atoms with E-state index in [1.807, 2.05) is 36.4 Å². The minimum Gasteiger partial charge on any atom is -0.481 e. The number of carboxylic acids is 2. The highest BCUT2D eigenvalue weighted by atomic mass is 35.5. The number of carbonyl (C=O) groups excluding carboxylic acids is 8. The van der Waals surface area contributed by atoms with Gasteiger partial charge in [0, 0.05) is 110 Å². The van der Waals surface area contributed by atoms with Gasteiger partial charge in [0.15, 0.2) is 0 Å². The van der Waals surface area contributed by atoms with E-state index in [0.717, 1.165) is 11.6 Å². The molecule has 4 aromatic rings. The summed E-state index contributed by atoms with van der Waals surface area (Å²) in [5.41, 5.74) is 0.790. The number of carbonyl (C=O) groups is 10. The van der Waals surface area contributed by atoms with Gasteiger partial charge in [-0.1, -0.05) is 58.5 Å². The Kier molecular flexibility index (Phi) is 48.0. The first-order chi connectivity index (χ1) is 51.2. The van der Waals surface area contributed by atoms with Crippen molar-refractivity contribution in [2.45, 2.75) is 140 Å². The van der Waals surface area contributed by atoms with Gasteiger partial charge in [-0.2, -0.15) is 0 Å². The van der Waals surface area contributed by atoms with E-state index in [1.54, 1.807) is 12.4 Å². The molecule has 34 heteroatoms. The van der Waals surface area contributed by atoms with Crippen LogP contribution in [0.3, 0.4) is 0 Å². The van der Waals surface area contributed by atoms with Crippen molar-refractivity contribution in [3.05, 3.63) is 116 Å². The molecular formula is C72H102Cl4N12O18. The van der Waals surface area contributed by atoms with Gasteiger partial charge < -0.3 is 91.8 Å². The van der Waals surface area contributed by atoms with E-state index in [4.69, 9.17) is 74.8 Å². The van der Waals surface area contributed by atoms with Crippen LogP contribution >= 0.6 is 46.4 Å². The van der Waals surface area contributed by atoms with Crippen LogP contribution in [0.25, 0.3) is 0 Å². The monoisotopic (exact) mass is 1560 g/mol. The first-order valence-corrected chi connectivity index (χ1v) is 37.1. The summed E-state index contributed by atoms with van der Waals surface area (Å²) in [5.74, 6) is -3.78. The smallest absolute Gasteiger partial charge is 0.305 e. The molecule has 0 fully saturated rings. The second-order valence-corrected chi connectivity index (χ2v) is 26.0.